The second-order valence-electron chi connectivity index (χ2n) is 6.62. The number of hydrogen-bond acceptors (Lipinski definition) is 2. The summed E-state index contributed by atoms with van der Waals surface area (Å²) < 4.78 is 0. The van der Waals surface area contributed by atoms with Crippen molar-refractivity contribution in [3.05, 3.63) is 0 Å². The van der Waals surface area contributed by atoms with Crippen molar-refractivity contribution in [2.45, 2.75) is 76.4 Å². The summed E-state index contributed by atoms with van der Waals surface area (Å²) in [5.41, 5.74) is 0. The number of rotatable bonds is 4. The lowest BCUT2D eigenvalue weighted by Crippen LogP contribution is -2.37. The first-order chi connectivity index (χ1) is 8.33. The normalized spacial score (nSPS) is 36.5. The van der Waals surface area contributed by atoms with E-state index >= 15 is 0 Å². The molecule has 0 bridgehead atoms. The Labute approximate surface area is 106 Å². The Kier molecular flexibility index (Phi) is 3.72. The van der Waals surface area contributed by atoms with E-state index in [2.05, 4.69) is 17.1 Å². The molecule has 3 fully saturated rings. The Morgan fingerprint density at radius 1 is 1.06 bits per heavy atom. The molecule has 0 aromatic carbocycles. The molecular weight excluding hydrogens is 208 g/mol. The molecule has 2 heteroatoms. The summed E-state index contributed by atoms with van der Waals surface area (Å²) in [4.78, 5) is 2.75. The van der Waals surface area contributed by atoms with Gasteiger partial charge in [-0.2, -0.15) is 0 Å². The summed E-state index contributed by atoms with van der Waals surface area (Å²) in [5.74, 6) is 0.981. The number of likely N-dealkylation sites (tertiary alicyclic amines) is 1. The van der Waals surface area contributed by atoms with Crippen molar-refractivity contribution in [3.8, 4) is 0 Å². The van der Waals surface area contributed by atoms with Crippen LogP contribution in [0.5, 0.6) is 0 Å². The van der Waals surface area contributed by atoms with Crippen LogP contribution >= 0.6 is 0 Å². The van der Waals surface area contributed by atoms with Crippen molar-refractivity contribution in [1.82, 2.24) is 10.2 Å². The van der Waals surface area contributed by atoms with Crippen LogP contribution in [0.4, 0.5) is 0 Å². The molecule has 1 saturated heterocycles. The second-order valence-corrected chi connectivity index (χ2v) is 6.62. The van der Waals surface area contributed by atoms with Gasteiger partial charge < -0.3 is 5.32 Å². The molecule has 98 valence electrons. The maximum absolute atomic E-state index is 3.85. The van der Waals surface area contributed by atoms with Crippen molar-refractivity contribution >= 4 is 0 Å². The Hall–Kier alpha value is -0.0800. The third-order valence-electron chi connectivity index (χ3n) is 5.06. The summed E-state index contributed by atoms with van der Waals surface area (Å²) in [6, 6.07) is 2.56. The molecule has 3 aliphatic rings. The van der Waals surface area contributed by atoms with Gasteiger partial charge in [-0.25, -0.2) is 0 Å². The van der Waals surface area contributed by atoms with Gasteiger partial charge in [0, 0.05) is 24.7 Å². The van der Waals surface area contributed by atoms with E-state index in [1.807, 2.05) is 0 Å². The highest BCUT2D eigenvalue weighted by molar-refractivity contribution is 4.96. The van der Waals surface area contributed by atoms with Crippen molar-refractivity contribution in [2.75, 3.05) is 13.1 Å². The Bertz CT molecular complexity index is 243. The summed E-state index contributed by atoms with van der Waals surface area (Å²) >= 11 is 0. The molecule has 2 nitrogen and oxygen atoms in total. The molecule has 3 rings (SSSR count). The average Bonchev–Trinajstić information content (AvgIpc) is 3.12. The van der Waals surface area contributed by atoms with Gasteiger partial charge in [0.1, 0.15) is 0 Å². The molecule has 1 N–H and O–H groups in total. The van der Waals surface area contributed by atoms with Gasteiger partial charge in [0.05, 0.1) is 0 Å². The average molecular weight is 236 g/mol. The maximum Gasteiger partial charge on any atom is 0.0210 e. The fourth-order valence-corrected chi connectivity index (χ4v) is 3.84. The van der Waals surface area contributed by atoms with Gasteiger partial charge in [-0.1, -0.05) is 19.3 Å². The highest BCUT2D eigenvalue weighted by atomic mass is 15.3. The lowest BCUT2D eigenvalue weighted by atomic mass is 9.89. The first-order valence-corrected chi connectivity index (χ1v) is 7.82. The van der Waals surface area contributed by atoms with Crippen LogP contribution in [-0.2, 0) is 0 Å². The largest absolute Gasteiger partial charge is 0.312 e. The standard InChI is InChI=1S/C15H28N2/c1-12-9-14(11-17(12)15-7-8-15)16-10-13-5-3-2-4-6-13/h12-16H,2-11H2,1H3. The molecule has 0 amide bonds. The van der Waals surface area contributed by atoms with Crippen LogP contribution in [0, 0.1) is 5.92 Å². The first-order valence-electron chi connectivity index (χ1n) is 7.82. The predicted molar refractivity (Wildman–Crippen MR) is 72.2 cm³/mol. The number of nitrogens with zero attached hydrogens (tertiary/aromatic N) is 1. The zero-order chi connectivity index (χ0) is 11.7. The van der Waals surface area contributed by atoms with Gasteiger partial charge in [0.25, 0.3) is 0 Å². The SMILES string of the molecule is CC1CC(NCC2CCCCC2)CN1C1CC1. The Morgan fingerprint density at radius 2 is 1.82 bits per heavy atom. The minimum atomic E-state index is 0.785. The van der Waals surface area contributed by atoms with Gasteiger partial charge in [-0.15, -0.1) is 0 Å². The minimum Gasteiger partial charge on any atom is -0.312 e. The molecular formula is C15H28N2. The molecule has 2 atom stereocenters. The zero-order valence-corrected chi connectivity index (χ0v) is 11.3. The van der Waals surface area contributed by atoms with E-state index in [9.17, 15) is 0 Å². The van der Waals surface area contributed by atoms with E-state index in [0.717, 1.165) is 24.0 Å². The molecule has 0 radical (unpaired) electrons. The topological polar surface area (TPSA) is 15.3 Å². The third-order valence-corrected chi connectivity index (χ3v) is 5.06. The van der Waals surface area contributed by atoms with Crippen LogP contribution < -0.4 is 5.32 Å². The molecule has 1 heterocycles. The molecule has 17 heavy (non-hydrogen) atoms. The Balaban J connectivity index is 1.40. The van der Waals surface area contributed by atoms with Crippen LogP contribution in [0.25, 0.3) is 0 Å². The van der Waals surface area contributed by atoms with Crippen LogP contribution in [0.2, 0.25) is 0 Å². The van der Waals surface area contributed by atoms with Crippen LogP contribution in [0.3, 0.4) is 0 Å². The van der Waals surface area contributed by atoms with Gasteiger partial charge >= 0.3 is 0 Å². The predicted octanol–water partition coefficient (Wildman–Crippen LogP) is 2.78. The quantitative estimate of drug-likeness (QED) is 0.807. The molecule has 0 aromatic heterocycles. The van der Waals surface area contributed by atoms with Gasteiger partial charge in [-0.3, -0.25) is 4.90 Å². The summed E-state index contributed by atoms with van der Waals surface area (Å²) in [6.07, 6.45) is 11.7. The zero-order valence-electron chi connectivity index (χ0n) is 11.3. The van der Waals surface area contributed by atoms with E-state index in [-0.39, 0.29) is 0 Å². The Morgan fingerprint density at radius 3 is 2.53 bits per heavy atom. The smallest absolute Gasteiger partial charge is 0.0210 e. The van der Waals surface area contributed by atoms with Crippen molar-refractivity contribution in [2.24, 2.45) is 5.92 Å². The monoisotopic (exact) mass is 236 g/mol. The van der Waals surface area contributed by atoms with E-state index in [0.29, 0.717) is 0 Å². The van der Waals surface area contributed by atoms with Crippen LogP contribution in [0.15, 0.2) is 0 Å². The first kappa shape index (κ1) is 12.0. The molecule has 2 saturated carbocycles. The van der Waals surface area contributed by atoms with E-state index in [1.54, 1.807) is 0 Å². The molecule has 2 aliphatic carbocycles. The molecule has 0 aromatic rings. The fourth-order valence-electron chi connectivity index (χ4n) is 3.84. The van der Waals surface area contributed by atoms with Crippen LogP contribution in [0.1, 0.15) is 58.3 Å². The molecule has 0 spiro atoms. The van der Waals surface area contributed by atoms with E-state index < -0.39 is 0 Å². The van der Waals surface area contributed by atoms with Crippen molar-refractivity contribution in [1.29, 1.82) is 0 Å². The van der Waals surface area contributed by atoms with Crippen molar-refractivity contribution < 1.29 is 0 Å². The summed E-state index contributed by atoms with van der Waals surface area (Å²) in [5, 5.41) is 3.85. The third kappa shape index (κ3) is 3.03. The highest BCUT2D eigenvalue weighted by Crippen LogP contribution is 2.33. The lowest BCUT2D eigenvalue weighted by molar-refractivity contribution is 0.253. The van der Waals surface area contributed by atoms with Crippen LogP contribution in [-0.4, -0.2) is 36.1 Å². The molecule has 2 unspecified atom stereocenters. The lowest BCUT2D eigenvalue weighted by Gasteiger charge is -2.24. The highest BCUT2D eigenvalue weighted by Gasteiger charge is 2.38. The van der Waals surface area contributed by atoms with Crippen molar-refractivity contribution in [3.63, 3.8) is 0 Å². The van der Waals surface area contributed by atoms with Gasteiger partial charge in [0.15, 0.2) is 0 Å². The second kappa shape index (κ2) is 5.27. The van der Waals surface area contributed by atoms with E-state index in [1.165, 1.54) is 64.5 Å². The summed E-state index contributed by atoms with van der Waals surface area (Å²) in [7, 11) is 0. The number of hydrogen-bond donors (Lipinski definition) is 1. The summed E-state index contributed by atoms with van der Waals surface area (Å²) in [6.45, 7) is 5.02. The van der Waals surface area contributed by atoms with E-state index in [4.69, 9.17) is 0 Å². The fraction of sp³-hybridized carbons (Fsp3) is 1.00. The molecule has 1 aliphatic heterocycles. The maximum atomic E-state index is 3.85. The van der Waals surface area contributed by atoms with Gasteiger partial charge in [-0.05, 0) is 51.5 Å². The number of nitrogens with one attached hydrogen (secondary N) is 1. The minimum absolute atomic E-state index is 0.785. The van der Waals surface area contributed by atoms with Gasteiger partial charge in [0.2, 0.25) is 0 Å².